The van der Waals surface area contributed by atoms with Gasteiger partial charge in [-0.2, -0.15) is 0 Å². The van der Waals surface area contributed by atoms with Crippen molar-refractivity contribution < 1.29 is 9.53 Å². The summed E-state index contributed by atoms with van der Waals surface area (Å²) < 4.78 is 8.75. The SMILES string of the molecule is CCn1ccnc1CN1C[C@@H]2[C@H](CNC(=O)Cc3ccccc3)[C@H]3CC[C@]2(C1)O3. The summed E-state index contributed by atoms with van der Waals surface area (Å²) >= 11 is 0. The molecule has 2 bridgehead atoms. The number of likely N-dealkylation sites (tertiary alicyclic amines) is 1. The van der Waals surface area contributed by atoms with Gasteiger partial charge in [0.2, 0.25) is 5.91 Å². The second-order valence-electron chi connectivity index (χ2n) is 8.80. The summed E-state index contributed by atoms with van der Waals surface area (Å²) in [4.78, 5) is 19.5. The molecular weight excluding hydrogens is 364 g/mol. The molecule has 3 fully saturated rings. The van der Waals surface area contributed by atoms with E-state index in [4.69, 9.17) is 4.74 Å². The first-order valence-electron chi connectivity index (χ1n) is 10.9. The number of aromatic nitrogens is 2. The number of amides is 1. The van der Waals surface area contributed by atoms with Gasteiger partial charge < -0.3 is 14.6 Å². The molecule has 6 nitrogen and oxygen atoms in total. The summed E-state index contributed by atoms with van der Waals surface area (Å²) in [6, 6.07) is 9.95. The number of fused-ring (bicyclic) bond motifs is 1. The maximum Gasteiger partial charge on any atom is 0.224 e. The smallest absolute Gasteiger partial charge is 0.224 e. The number of nitrogens with one attached hydrogen (secondary N) is 1. The molecule has 1 aromatic heterocycles. The van der Waals surface area contributed by atoms with Gasteiger partial charge in [-0.3, -0.25) is 9.69 Å². The summed E-state index contributed by atoms with van der Waals surface area (Å²) in [5.41, 5.74) is 1.05. The average Bonchev–Trinajstić information content (AvgIpc) is 3.47. The van der Waals surface area contributed by atoms with Crippen molar-refractivity contribution in [2.24, 2.45) is 11.8 Å². The number of rotatable bonds is 7. The number of hydrogen-bond donors (Lipinski definition) is 1. The van der Waals surface area contributed by atoms with Crippen molar-refractivity contribution in [1.29, 1.82) is 0 Å². The van der Waals surface area contributed by atoms with E-state index in [2.05, 4.69) is 32.9 Å². The number of aryl methyl sites for hydroxylation is 1. The lowest BCUT2D eigenvalue weighted by Crippen LogP contribution is -2.42. The molecular formula is C23H30N4O2. The highest BCUT2D eigenvalue weighted by atomic mass is 16.5. The van der Waals surface area contributed by atoms with Crippen LogP contribution in [0.3, 0.4) is 0 Å². The number of carbonyl (C=O) groups is 1. The molecule has 0 unspecified atom stereocenters. The molecule has 0 saturated carbocycles. The molecule has 4 atom stereocenters. The van der Waals surface area contributed by atoms with Crippen LogP contribution in [0.2, 0.25) is 0 Å². The predicted molar refractivity (Wildman–Crippen MR) is 110 cm³/mol. The lowest BCUT2D eigenvalue weighted by Gasteiger charge is -2.29. The zero-order valence-electron chi connectivity index (χ0n) is 17.1. The molecule has 2 aromatic rings. The fraction of sp³-hybridized carbons (Fsp3) is 0.565. The van der Waals surface area contributed by atoms with Crippen molar-refractivity contribution in [3.8, 4) is 0 Å². The van der Waals surface area contributed by atoms with Gasteiger partial charge >= 0.3 is 0 Å². The zero-order chi connectivity index (χ0) is 19.8. The molecule has 154 valence electrons. The number of nitrogens with zero attached hydrogens (tertiary/aromatic N) is 3. The summed E-state index contributed by atoms with van der Waals surface area (Å²) in [5, 5.41) is 3.19. The summed E-state index contributed by atoms with van der Waals surface area (Å²) in [5.74, 6) is 2.15. The topological polar surface area (TPSA) is 59.4 Å². The summed E-state index contributed by atoms with van der Waals surface area (Å²) in [6.07, 6.45) is 6.96. The largest absolute Gasteiger partial charge is 0.370 e. The lowest BCUT2D eigenvalue weighted by atomic mass is 9.73. The van der Waals surface area contributed by atoms with E-state index in [0.29, 0.717) is 24.4 Å². The number of benzene rings is 1. The molecule has 3 aliphatic heterocycles. The number of ether oxygens (including phenoxy) is 1. The van der Waals surface area contributed by atoms with Crippen LogP contribution < -0.4 is 5.32 Å². The van der Waals surface area contributed by atoms with Crippen LogP contribution in [0.1, 0.15) is 31.2 Å². The van der Waals surface area contributed by atoms with Crippen LogP contribution >= 0.6 is 0 Å². The Balaban J connectivity index is 1.21. The van der Waals surface area contributed by atoms with Crippen LogP contribution in [-0.2, 0) is 29.0 Å². The van der Waals surface area contributed by atoms with Crippen LogP contribution in [0.25, 0.3) is 0 Å². The first kappa shape index (κ1) is 18.8. The Morgan fingerprint density at radius 3 is 3.03 bits per heavy atom. The van der Waals surface area contributed by atoms with E-state index in [9.17, 15) is 4.79 Å². The molecule has 3 saturated heterocycles. The van der Waals surface area contributed by atoms with Crippen molar-refractivity contribution in [3.05, 3.63) is 54.1 Å². The van der Waals surface area contributed by atoms with E-state index in [0.717, 1.165) is 57.0 Å². The van der Waals surface area contributed by atoms with Gasteiger partial charge in [-0.1, -0.05) is 30.3 Å². The molecule has 29 heavy (non-hydrogen) atoms. The molecule has 4 heterocycles. The Kier molecular flexibility index (Phi) is 4.92. The quantitative estimate of drug-likeness (QED) is 0.783. The average molecular weight is 395 g/mol. The van der Waals surface area contributed by atoms with Crippen LogP contribution in [0.4, 0.5) is 0 Å². The first-order valence-corrected chi connectivity index (χ1v) is 10.9. The maximum absolute atomic E-state index is 12.4. The van der Waals surface area contributed by atoms with Crippen LogP contribution in [0.15, 0.2) is 42.7 Å². The van der Waals surface area contributed by atoms with Crippen molar-refractivity contribution in [3.63, 3.8) is 0 Å². The van der Waals surface area contributed by atoms with Gasteiger partial charge in [-0.05, 0) is 25.3 Å². The Hall–Kier alpha value is -2.18. The standard InChI is InChI=1S/C23H30N4O2/c1-2-27-11-10-24-21(27)15-26-14-19-18(20-8-9-23(19,16-26)29-20)13-25-22(28)12-17-6-4-3-5-7-17/h3-7,10-11,18-20H,2,8-9,12-16H2,1H3,(H,25,28)/t18-,19+,20+,23+/m0/s1. The van der Waals surface area contributed by atoms with Gasteiger partial charge in [-0.15, -0.1) is 0 Å². The van der Waals surface area contributed by atoms with E-state index < -0.39 is 0 Å². The molecule has 1 N–H and O–H groups in total. The monoisotopic (exact) mass is 394 g/mol. The van der Waals surface area contributed by atoms with Crippen molar-refractivity contribution in [1.82, 2.24) is 19.8 Å². The summed E-state index contributed by atoms with van der Waals surface area (Å²) in [6.45, 7) is 6.72. The molecule has 3 aliphatic rings. The molecule has 1 spiro atoms. The van der Waals surface area contributed by atoms with Crippen molar-refractivity contribution >= 4 is 5.91 Å². The normalized spacial score (nSPS) is 30.6. The Morgan fingerprint density at radius 1 is 1.34 bits per heavy atom. The van der Waals surface area contributed by atoms with Gasteiger partial charge in [0, 0.05) is 50.4 Å². The fourth-order valence-corrected chi connectivity index (χ4v) is 5.74. The number of carbonyl (C=O) groups excluding carboxylic acids is 1. The van der Waals surface area contributed by atoms with E-state index >= 15 is 0 Å². The Morgan fingerprint density at radius 2 is 2.21 bits per heavy atom. The zero-order valence-corrected chi connectivity index (χ0v) is 17.1. The number of imidazole rings is 1. The van der Waals surface area contributed by atoms with Gasteiger partial charge in [-0.25, -0.2) is 4.98 Å². The Bertz CT molecular complexity index is 867. The minimum Gasteiger partial charge on any atom is -0.370 e. The Labute approximate surface area is 172 Å². The highest BCUT2D eigenvalue weighted by Gasteiger charge is 2.62. The third-order valence-corrected chi connectivity index (χ3v) is 7.10. The third kappa shape index (κ3) is 3.49. The molecule has 1 aromatic carbocycles. The summed E-state index contributed by atoms with van der Waals surface area (Å²) in [7, 11) is 0. The molecule has 1 amide bonds. The van der Waals surface area contributed by atoms with E-state index in [1.807, 2.05) is 36.5 Å². The highest BCUT2D eigenvalue weighted by Crippen LogP contribution is 2.54. The second kappa shape index (κ2) is 7.58. The van der Waals surface area contributed by atoms with Gasteiger partial charge in [0.05, 0.1) is 24.7 Å². The molecule has 5 rings (SSSR count). The van der Waals surface area contributed by atoms with Crippen molar-refractivity contribution in [2.75, 3.05) is 19.6 Å². The third-order valence-electron chi connectivity index (χ3n) is 7.10. The fourth-order valence-electron chi connectivity index (χ4n) is 5.74. The van der Waals surface area contributed by atoms with Gasteiger partial charge in [0.15, 0.2) is 0 Å². The van der Waals surface area contributed by atoms with Crippen molar-refractivity contribution in [2.45, 2.75) is 51.0 Å². The minimum atomic E-state index is -0.0108. The van der Waals surface area contributed by atoms with E-state index in [1.54, 1.807) is 0 Å². The van der Waals surface area contributed by atoms with Gasteiger partial charge in [0.25, 0.3) is 0 Å². The van der Waals surface area contributed by atoms with Crippen LogP contribution in [-0.4, -0.2) is 51.7 Å². The van der Waals surface area contributed by atoms with E-state index in [-0.39, 0.29) is 11.5 Å². The number of hydrogen-bond acceptors (Lipinski definition) is 4. The minimum absolute atomic E-state index is 0.0108. The molecule has 6 heteroatoms. The predicted octanol–water partition coefficient (Wildman–Crippen LogP) is 2.24. The van der Waals surface area contributed by atoms with Crippen LogP contribution in [0.5, 0.6) is 0 Å². The second-order valence-corrected chi connectivity index (χ2v) is 8.80. The molecule has 0 aliphatic carbocycles. The first-order chi connectivity index (χ1) is 14.2. The lowest BCUT2D eigenvalue weighted by molar-refractivity contribution is -0.120. The van der Waals surface area contributed by atoms with Gasteiger partial charge in [0.1, 0.15) is 5.82 Å². The molecule has 0 radical (unpaired) electrons. The van der Waals surface area contributed by atoms with E-state index in [1.165, 1.54) is 0 Å². The highest BCUT2D eigenvalue weighted by molar-refractivity contribution is 5.78. The maximum atomic E-state index is 12.4. The van der Waals surface area contributed by atoms with Crippen LogP contribution in [0, 0.1) is 11.8 Å².